The van der Waals surface area contributed by atoms with E-state index in [-0.39, 0.29) is 0 Å². The lowest BCUT2D eigenvalue weighted by Crippen LogP contribution is -1.76. The fourth-order valence-corrected chi connectivity index (χ4v) is 3.05. The minimum atomic E-state index is -4.58. The van der Waals surface area contributed by atoms with Gasteiger partial charge in [0.2, 0.25) is 0 Å². The van der Waals surface area contributed by atoms with E-state index in [1.165, 1.54) is 0 Å². The summed E-state index contributed by atoms with van der Waals surface area (Å²) in [6, 6.07) is 0. The summed E-state index contributed by atoms with van der Waals surface area (Å²) in [5.41, 5.74) is -3.16. The molecular formula is H5NO4P2S2. The second-order valence-corrected chi connectivity index (χ2v) is 8.17. The highest BCUT2D eigenvalue weighted by Crippen LogP contribution is 2.66. The third-order valence-electron chi connectivity index (χ3n) is 0.220. The molecule has 0 unspecified atom stereocenters. The summed E-state index contributed by atoms with van der Waals surface area (Å²) in [5.74, 6) is 0. The highest BCUT2D eigenvalue weighted by Gasteiger charge is 2.21. The Labute approximate surface area is 62.3 Å². The average molecular weight is 209 g/mol. The summed E-state index contributed by atoms with van der Waals surface area (Å²) in [4.78, 5) is 16.1. The lowest BCUT2D eigenvalue weighted by Gasteiger charge is -2.08. The van der Waals surface area contributed by atoms with Crippen molar-refractivity contribution in [2.45, 2.75) is 0 Å². The van der Waals surface area contributed by atoms with Gasteiger partial charge < -0.3 is 9.79 Å². The summed E-state index contributed by atoms with van der Waals surface area (Å²) >= 11 is 6.75. The molecule has 9 heteroatoms. The summed E-state index contributed by atoms with van der Waals surface area (Å²) in [7, 11) is -4.58. The molecule has 0 amide bonds. The lowest BCUT2D eigenvalue weighted by atomic mass is 14.0. The quantitative estimate of drug-likeness (QED) is 0.352. The molecule has 0 radical (unpaired) electrons. The van der Waals surface area contributed by atoms with Crippen molar-refractivity contribution in [1.29, 1.82) is 5.16 Å². The number of hydrogen-bond acceptors (Lipinski definition) is 3. The van der Waals surface area contributed by atoms with Gasteiger partial charge in [-0.25, -0.2) is 8.88 Å². The predicted octanol–water partition coefficient (Wildman–Crippen LogP) is 1.48. The third kappa shape index (κ3) is 9.04. The maximum Gasteiger partial charge on any atom is 0.475 e. The van der Waals surface area contributed by atoms with Crippen LogP contribution in [0.4, 0.5) is 0 Å². The molecular weight excluding hydrogens is 204 g/mol. The summed E-state index contributed by atoms with van der Waals surface area (Å²) in [6.45, 7) is 0. The zero-order valence-corrected chi connectivity index (χ0v) is 7.58. The van der Waals surface area contributed by atoms with E-state index in [2.05, 4.69) is 28.8 Å². The standard InChI is InChI=1S/H5NO4P2S2/c1-6(8,9)5-7(2,3)4/h(H3,1,8,9)(H2,2,3,4). The molecule has 0 fully saturated rings. The maximum absolute atomic E-state index is 9.93. The molecule has 0 saturated heterocycles. The smallest absolute Gasteiger partial charge is 0.302 e. The zero-order chi connectivity index (χ0) is 7.71. The van der Waals surface area contributed by atoms with Crippen LogP contribution in [-0.4, -0.2) is 9.79 Å². The molecule has 56 valence electrons. The largest absolute Gasteiger partial charge is 0.475 e. The highest BCUT2D eigenvalue weighted by molar-refractivity contribution is 8.80. The van der Waals surface area contributed by atoms with Crippen molar-refractivity contribution in [2.24, 2.45) is 0 Å². The first-order chi connectivity index (χ1) is 3.71. The minimum Gasteiger partial charge on any atom is -0.302 e. The van der Waals surface area contributed by atoms with Gasteiger partial charge in [-0.2, -0.15) is 0 Å². The Morgan fingerprint density at radius 2 is 1.78 bits per heavy atom. The van der Waals surface area contributed by atoms with Gasteiger partial charge in [-0.05, 0) is 0 Å². The van der Waals surface area contributed by atoms with Gasteiger partial charge in [0.1, 0.15) is 0 Å². The number of nitrogens with one attached hydrogen (secondary N) is 1. The second-order valence-electron chi connectivity index (χ2n) is 1.12. The second kappa shape index (κ2) is 2.96. The minimum absolute atomic E-state index is 3.16. The van der Waals surface area contributed by atoms with Crippen molar-refractivity contribution < 1.29 is 18.7 Å². The maximum atomic E-state index is 9.93. The van der Waals surface area contributed by atoms with E-state index in [9.17, 15) is 4.57 Å². The van der Waals surface area contributed by atoms with E-state index in [0.717, 1.165) is 0 Å². The van der Waals surface area contributed by atoms with Gasteiger partial charge in [0.05, 0.1) is 0 Å². The van der Waals surface area contributed by atoms with Crippen molar-refractivity contribution in [2.75, 3.05) is 0 Å². The van der Waals surface area contributed by atoms with Crippen molar-refractivity contribution in [3.05, 3.63) is 0 Å². The summed E-state index contributed by atoms with van der Waals surface area (Å²) < 4.78 is 13.7. The number of phosphoric acid groups is 1. The SMILES string of the molecule is N=P(S)(S)OP(=O)(O)O. The van der Waals surface area contributed by atoms with Gasteiger partial charge in [-0.3, -0.25) is 5.16 Å². The molecule has 0 saturated carbocycles. The molecule has 0 bridgehead atoms. The summed E-state index contributed by atoms with van der Waals surface area (Å²) in [5, 5.41) is 6.71. The van der Waals surface area contributed by atoms with Crippen molar-refractivity contribution >= 4 is 38.0 Å². The molecule has 0 heterocycles. The Hall–Kier alpha value is 1.04. The van der Waals surface area contributed by atoms with Crippen LogP contribution in [0.2, 0.25) is 0 Å². The fraction of sp³-hybridized carbons (Fsp3) is 0. The van der Waals surface area contributed by atoms with Gasteiger partial charge in [-0.1, -0.05) is 24.5 Å². The first-order valence-corrected chi connectivity index (χ1v) is 7.11. The molecule has 0 aliphatic carbocycles. The van der Waals surface area contributed by atoms with Crippen LogP contribution < -0.4 is 0 Å². The van der Waals surface area contributed by atoms with Crippen LogP contribution in [0, 0.1) is 5.16 Å². The third-order valence-corrected chi connectivity index (χ3v) is 3.30. The Balaban J connectivity index is 4.07. The Morgan fingerprint density at radius 1 is 1.44 bits per heavy atom. The zero-order valence-electron chi connectivity index (χ0n) is 4.00. The Morgan fingerprint density at radius 3 is 1.78 bits per heavy atom. The highest BCUT2D eigenvalue weighted by atomic mass is 33.1. The molecule has 9 heavy (non-hydrogen) atoms. The molecule has 0 aromatic rings. The van der Waals surface area contributed by atoms with Gasteiger partial charge in [0.15, 0.2) is 5.69 Å². The van der Waals surface area contributed by atoms with E-state index >= 15 is 0 Å². The van der Waals surface area contributed by atoms with Crippen LogP contribution in [0.25, 0.3) is 0 Å². The van der Waals surface area contributed by atoms with Gasteiger partial charge in [0.25, 0.3) is 0 Å². The molecule has 0 aliphatic heterocycles. The van der Waals surface area contributed by atoms with Crippen LogP contribution in [0.5, 0.6) is 0 Å². The van der Waals surface area contributed by atoms with E-state index in [4.69, 9.17) is 14.9 Å². The molecule has 0 atom stereocenters. The van der Waals surface area contributed by atoms with Gasteiger partial charge in [-0.15, -0.1) is 0 Å². The molecule has 0 spiro atoms. The molecule has 3 N–H and O–H groups in total. The van der Waals surface area contributed by atoms with Crippen LogP contribution in [-0.2, 0) is 8.88 Å². The molecule has 0 aromatic carbocycles. The molecule has 0 rings (SSSR count). The monoisotopic (exact) mass is 209 g/mol. The van der Waals surface area contributed by atoms with Crippen molar-refractivity contribution in [3.63, 3.8) is 0 Å². The number of hydrogen-bond donors (Lipinski definition) is 5. The predicted molar refractivity (Wildman–Crippen MR) is 40.7 cm³/mol. The first-order valence-electron chi connectivity index (χ1n) is 1.57. The van der Waals surface area contributed by atoms with E-state index in [0.29, 0.717) is 0 Å². The topological polar surface area (TPSA) is 90.6 Å². The van der Waals surface area contributed by atoms with E-state index in [1.807, 2.05) is 0 Å². The van der Waals surface area contributed by atoms with E-state index in [1.54, 1.807) is 0 Å². The molecule has 5 nitrogen and oxygen atoms in total. The van der Waals surface area contributed by atoms with Crippen LogP contribution in [0.3, 0.4) is 0 Å². The van der Waals surface area contributed by atoms with Gasteiger partial charge >= 0.3 is 7.82 Å². The Kier molecular flexibility index (Phi) is 3.31. The van der Waals surface area contributed by atoms with E-state index < -0.39 is 13.5 Å². The number of rotatable bonds is 2. The number of thiol groups is 2. The van der Waals surface area contributed by atoms with Crippen LogP contribution in [0.15, 0.2) is 0 Å². The first kappa shape index (κ1) is 10.0. The van der Waals surface area contributed by atoms with Crippen molar-refractivity contribution in [3.8, 4) is 0 Å². The molecule has 0 aromatic heterocycles. The Bertz CT molecular complexity index is 157. The average Bonchev–Trinajstić information content (AvgIpc) is 1.14. The van der Waals surface area contributed by atoms with Crippen LogP contribution in [0.1, 0.15) is 0 Å². The van der Waals surface area contributed by atoms with Gasteiger partial charge in [0, 0.05) is 0 Å². The molecule has 0 aliphatic rings. The lowest BCUT2D eigenvalue weighted by molar-refractivity contribution is 0.295. The fourth-order valence-electron chi connectivity index (χ4n) is 0.148. The van der Waals surface area contributed by atoms with Crippen LogP contribution >= 0.6 is 38.0 Å². The van der Waals surface area contributed by atoms with Crippen molar-refractivity contribution in [1.82, 2.24) is 0 Å². The normalized spacial score (nSPS) is 13.8. The summed E-state index contributed by atoms with van der Waals surface area (Å²) in [6.07, 6.45) is 0.